The predicted molar refractivity (Wildman–Crippen MR) is 103 cm³/mol. The second-order valence-corrected chi connectivity index (χ2v) is 7.48. The zero-order valence-electron chi connectivity index (χ0n) is 14.7. The van der Waals surface area contributed by atoms with E-state index in [1.54, 1.807) is 6.07 Å². The number of nitrogens with one attached hydrogen (secondary N) is 1. The molecule has 0 spiro atoms. The van der Waals surface area contributed by atoms with Gasteiger partial charge in [-0.05, 0) is 0 Å². The average Bonchev–Trinajstić information content (AvgIpc) is 3.34. The Kier molecular flexibility index (Phi) is 6.11. The first kappa shape index (κ1) is 20.7. The molecule has 2 aliphatic heterocycles. The van der Waals surface area contributed by atoms with Crippen LogP contribution in [0.1, 0.15) is 5.69 Å². The van der Waals surface area contributed by atoms with Crippen LogP contribution in [-0.2, 0) is 19.2 Å². The molecule has 2 amide bonds. The summed E-state index contributed by atoms with van der Waals surface area (Å²) in [6.45, 7) is 0.166. The van der Waals surface area contributed by atoms with Gasteiger partial charge in [-0.25, -0.2) is 19.8 Å². The van der Waals surface area contributed by atoms with E-state index in [0.717, 1.165) is 16.3 Å². The Hall–Kier alpha value is -3.02. The van der Waals surface area contributed by atoms with Crippen LogP contribution >= 0.6 is 27.3 Å². The quantitative estimate of drug-likeness (QED) is 0.195. The molecule has 3 heterocycles. The Morgan fingerprint density at radius 3 is 2.93 bits per heavy atom. The van der Waals surface area contributed by atoms with Crippen LogP contribution in [-0.4, -0.2) is 74.7 Å². The van der Waals surface area contributed by atoms with Gasteiger partial charge in [-0.1, -0.05) is 21.1 Å². The van der Waals surface area contributed by atoms with Crippen LogP contribution in [0.5, 0.6) is 0 Å². The van der Waals surface area contributed by atoms with Gasteiger partial charge >= 0.3 is 5.97 Å². The highest BCUT2D eigenvalue weighted by atomic mass is 79.9. The number of aromatic nitrogens is 1. The number of hydrazine groups is 1. The van der Waals surface area contributed by atoms with Crippen molar-refractivity contribution in [2.45, 2.75) is 6.04 Å². The fourth-order valence-corrected chi connectivity index (χ4v) is 3.51. The van der Waals surface area contributed by atoms with Crippen LogP contribution in [0.3, 0.4) is 0 Å². The molecule has 2 aliphatic rings. The van der Waals surface area contributed by atoms with Crippen molar-refractivity contribution in [3.63, 3.8) is 0 Å². The highest BCUT2D eigenvalue weighted by Gasteiger charge is 2.48. The zero-order valence-corrected chi connectivity index (χ0v) is 17.1. The lowest BCUT2D eigenvalue weighted by atomic mass is 10.2. The normalized spacial score (nSPS) is 19.3. The topological polar surface area (TPSA) is 174 Å². The number of anilines is 1. The molecule has 1 atom stereocenters. The third kappa shape index (κ3) is 4.06. The van der Waals surface area contributed by atoms with Crippen molar-refractivity contribution in [3.05, 3.63) is 22.3 Å². The maximum atomic E-state index is 12.7. The van der Waals surface area contributed by atoms with E-state index in [4.69, 9.17) is 15.8 Å². The molecule has 1 aromatic rings. The summed E-state index contributed by atoms with van der Waals surface area (Å²) >= 11 is 4.28. The van der Waals surface area contributed by atoms with Gasteiger partial charge in [-0.15, -0.1) is 11.3 Å². The van der Waals surface area contributed by atoms with Gasteiger partial charge in [0.1, 0.15) is 18.3 Å². The first-order valence-electron chi connectivity index (χ1n) is 8.10. The van der Waals surface area contributed by atoms with E-state index in [2.05, 4.69) is 31.4 Å². The molecule has 0 bridgehead atoms. The number of alkyl halides is 1. The molecule has 152 valence electrons. The molecule has 0 saturated carbocycles. The number of hydrogen-bond acceptors (Lipinski definition) is 10. The van der Waals surface area contributed by atoms with Gasteiger partial charge in [0, 0.05) is 17.3 Å². The van der Waals surface area contributed by atoms with Crippen LogP contribution < -0.4 is 11.1 Å². The number of fused-ring (bicyclic) bond motifs is 1. The summed E-state index contributed by atoms with van der Waals surface area (Å²) in [6, 6.07) is 0.755. The van der Waals surface area contributed by atoms with Crippen LogP contribution in [0.15, 0.2) is 21.8 Å². The van der Waals surface area contributed by atoms with Crippen molar-refractivity contribution >= 4 is 55.9 Å². The molecule has 1 fully saturated rings. The minimum absolute atomic E-state index is 0.00126. The number of nitrogens with two attached hydrogens (primary N) is 1. The number of hydrogen-bond donors (Lipinski definition) is 3. The fourth-order valence-electron chi connectivity index (χ4n) is 2.82. The van der Waals surface area contributed by atoms with Crippen LogP contribution in [0, 0.1) is 11.3 Å². The molecular weight excluding hydrogens is 470 g/mol. The average molecular weight is 484 g/mol. The molecule has 3 rings (SSSR count). The predicted octanol–water partition coefficient (Wildman–Crippen LogP) is -0.739. The van der Waals surface area contributed by atoms with E-state index in [1.165, 1.54) is 10.4 Å². The summed E-state index contributed by atoms with van der Waals surface area (Å²) in [4.78, 5) is 45.9. The summed E-state index contributed by atoms with van der Waals surface area (Å²) in [5, 5.41) is 29.2. The Morgan fingerprint density at radius 1 is 1.59 bits per heavy atom. The van der Waals surface area contributed by atoms with Gasteiger partial charge in [-0.2, -0.15) is 5.26 Å². The van der Waals surface area contributed by atoms with Crippen LogP contribution in [0.2, 0.25) is 0 Å². The summed E-state index contributed by atoms with van der Waals surface area (Å²) in [7, 11) is 0. The lowest BCUT2D eigenvalue weighted by Gasteiger charge is -2.18. The number of nitrogens with zero attached hydrogens (tertiary/aromatic N) is 5. The van der Waals surface area contributed by atoms with Crippen molar-refractivity contribution in [3.8, 4) is 6.07 Å². The standard InChI is InChI=1S/C15H14BrN7O5S/c16-1-2-28-21-10(9-6-29-15(18)20-9)12(24)19-8-5-22-4-7(3-17)11(14(26)27)23(22)13(8)25/h6,8H,1-2,4-5H2,(H2,18,20)(H,19,24)(H,26,27)/b21-10-/t8-/m0/s1. The largest absolute Gasteiger partial charge is 0.476 e. The van der Waals surface area contributed by atoms with Crippen molar-refractivity contribution < 1.29 is 24.3 Å². The molecule has 14 heteroatoms. The number of nitrogen functional groups attached to an aromatic ring is 1. The first-order chi connectivity index (χ1) is 13.9. The third-order valence-electron chi connectivity index (χ3n) is 3.97. The molecule has 1 aromatic heterocycles. The molecule has 0 aromatic carbocycles. The van der Waals surface area contributed by atoms with Crippen molar-refractivity contribution in [1.82, 2.24) is 20.3 Å². The smallest absolute Gasteiger partial charge is 0.355 e. The third-order valence-corrected chi connectivity index (χ3v) is 4.97. The molecule has 0 unspecified atom stereocenters. The summed E-state index contributed by atoms with van der Waals surface area (Å²) < 4.78 is 0. The summed E-state index contributed by atoms with van der Waals surface area (Å²) in [6.07, 6.45) is 0. The van der Waals surface area contributed by atoms with E-state index < -0.39 is 29.5 Å². The number of oxime groups is 1. The number of thiazole rings is 1. The molecule has 0 aliphatic carbocycles. The number of aliphatic carboxylic acids is 1. The van der Waals surface area contributed by atoms with E-state index in [0.29, 0.717) is 5.33 Å². The van der Waals surface area contributed by atoms with Gasteiger partial charge < -0.3 is 21.0 Å². The fraction of sp³-hybridized carbons (Fsp3) is 0.333. The summed E-state index contributed by atoms with van der Waals surface area (Å²) in [5.74, 6) is -2.79. The van der Waals surface area contributed by atoms with Gasteiger partial charge in [0.25, 0.3) is 11.8 Å². The van der Waals surface area contributed by atoms with Crippen molar-refractivity contribution in [2.24, 2.45) is 5.16 Å². The maximum absolute atomic E-state index is 12.7. The molecular formula is C15H14BrN7O5S. The SMILES string of the molecule is N#CC1=C(C(=O)O)N2C(=O)[C@@H](NC(=O)/C(=N\OCCBr)c3csc(N)n3)CN2C1. The van der Waals surface area contributed by atoms with Gasteiger partial charge in [0.05, 0.1) is 18.2 Å². The Balaban J connectivity index is 1.79. The van der Waals surface area contributed by atoms with E-state index in [-0.39, 0.29) is 41.8 Å². The Labute approximate surface area is 176 Å². The van der Waals surface area contributed by atoms with Crippen molar-refractivity contribution in [1.29, 1.82) is 5.26 Å². The number of rotatable bonds is 7. The second kappa shape index (κ2) is 8.55. The van der Waals surface area contributed by atoms with Crippen molar-refractivity contribution in [2.75, 3.05) is 30.8 Å². The van der Waals surface area contributed by atoms with Crippen LogP contribution in [0.25, 0.3) is 0 Å². The second-order valence-electron chi connectivity index (χ2n) is 5.80. The lowest BCUT2D eigenvalue weighted by Crippen LogP contribution is -2.46. The Morgan fingerprint density at radius 2 is 2.34 bits per heavy atom. The highest BCUT2D eigenvalue weighted by molar-refractivity contribution is 9.09. The number of nitriles is 1. The molecule has 4 N–H and O–H groups in total. The summed E-state index contributed by atoms with van der Waals surface area (Å²) in [5.41, 5.74) is 5.19. The van der Waals surface area contributed by atoms with Gasteiger partial charge in [-0.3, -0.25) is 9.59 Å². The van der Waals surface area contributed by atoms with Gasteiger partial charge in [0.15, 0.2) is 16.5 Å². The minimum Gasteiger partial charge on any atom is -0.476 e. The molecule has 29 heavy (non-hydrogen) atoms. The van der Waals surface area contributed by atoms with E-state index in [1.807, 2.05) is 0 Å². The van der Waals surface area contributed by atoms with Gasteiger partial charge in [0.2, 0.25) is 0 Å². The molecule has 0 radical (unpaired) electrons. The maximum Gasteiger partial charge on any atom is 0.355 e. The number of carbonyl (C=O) groups is 3. The van der Waals surface area contributed by atoms with E-state index in [9.17, 15) is 19.5 Å². The number of amides is 2. The molecule has 1 saturated heterocycles. The number of carbonyl (C=O) groups excluding carboxylic acids is 2. The monoisotopic (exact) mass is 483 g/mol. The Bertz CT molecular complexity index is 969. The minimum atomic E-state index is -1.40. The number of carboxylic acids is 1. The van der Waals surface area contributed by atoms with Crippen LogP contribution in [0.4, 0.5) is 5.13 Å². The van der Waals surface area contributed by atoms with E-state index >= 15 is 0 Å². The highest BCUT2D eigenvalue weighted by Crippen LogP contribution is 2.29. The number of halogens is 1. The molecule has 12 nitrogen and oxygen atoms in total. The first-order valence-corrected chi connectivity index (χ1v) is 10.1. The zero-order chi connectivity index (χ0) is 21.1. The lowest BCUT2D eigenvalue weighted by molar-refractivity contribution is -0.143. The number of carboxylic acid groups (broad SMARTS) is 1.